The summed E-state index contributed by atoms with van der Waals surface area (Å²) in [5, 5.41) is 11.2. The minimum absolute atomic E-state index is 0.0940. The number of carbonyl (C=O) groups is 1. The number of hydrogen-bond acceptors (Lipinski definition) is 3. The normalized spacial score (nSPS) is 10.6. The monoisotopic (exact) mass is 295 g/mol. The Morgan fingerprint density at radius 1 is 1.18 bits per heavy atom. The SMILES string of the molecule is Cn1nccc1CNC(=O)c1cccc(Cn2cccn2)c1. The lowest BCUT2D eigenvalue weighted by Crippen LogP contribution is -2.24. The molecule has 0 saturated carbocycles. The van der Waals surface area contributed by atoms with Crippen molar-refractivity contribution in [1.82, 2.24) is 24.9 Å². The zero-order valence-electron chi connectivity index (χ0n) is 12.3. The number of carbonyl (C=O) groups excluding carboxylic acids is 1. The highest BCUT2D eigenvalue weighted by atomic mass is 16.1. The van der Waals surface area contributed by atoms with Crippen molar-refractivity contribution in [3.63, 3.8) is 0 Å². The predicted octanol–water partition coefficient (Wildman–Crippen LogP) is 1.59. The molecule has 22 heavy (non-hydrogen) atoms. The topological polar surface area (TPSA) is 64.7 Å². The summed E-state index contributed by atoms with van der Waals surface area (Å²) >= 11 is 0. The van der Waals surface area contributed by atoms with Crippen molar-refractivity contribution in [2.24, 2.45) is 7.05 Å². The van der Waals surface area contributed by atoms with Crippen molar-refractivity contribution < 1.29 is 4.79 Å². The van der Waals surface area contributed by atoms with Gasteiger partial charge in [0.2, 0.25) is 0 Å². The molecule has 6 nitrogen and oxygen atoms in total. The second-order valence-electron chi connectivity index (χ2n) is 5.03. The van der Waals surface area contributed by atoms with Gasteiger partial charge in [0.1, 0.15) is 0 Å². The van der Waals surface area contributed by atoms with E-state index in [9.17, 15) is 4.79 Å². The molecule has 1 N–H and O–H groups in total. The Labute approximate surface area is 128 Å². The van der Waals surface area contributed by atoms with Crippen molar-refractivity contribution in [3.05, 3.63) is 71.8 Å². The smallest absolute Gasteiger partial charge is 0.251 e. The predicted molar refractivity (Wildman–Crippen MR) is 82.1 cm³/mol. The number of aryl methyl sites for hydroxylation is 1. The van der Waals surface area contributed by atoms with Gasteiger partial charge in [0.15, 0.2) is 0 Å². The molecule has 0 unspecified atom stereocenters. The van der Waals surface area contributed by atoms with Crippen molar-refractivity contribution in [3.8, 4) is 0 Å². The molecular weight excluding hydrogens is 278 g/mol. The Morgan fingerprint density at radius 2 is 2.09 bits per heavy atom. The van der Waals surface area contributed by atoms with Crippen LogP contribution in [0, 0.1) is 0 Å². The van der Waals surface area contributed by atoms with Gasteiger partial charge in [0.05, 0.1) is 18.8 Å². The first-order valence-electron chi connectivity index (χ1n) is 7.04. The Kier molecular flexibility index (Phi) is 4.00. The lowest BCUT2D eigenvalue weighted by atomic mass is 10.1. The molecule has 0 radical (unpaired) electrons. The van der Waals surface area contributed by atoms with Gasteiger partial charge in [-0.15, -0.1) is 0 Å². The molecule has 0 aliphatic heterocycles. The van der Waals surface area contributed by atoms with Crippen LogP contribution in [0.1, 0.15) is 21.6 Å². The molecule has 0 spiro atoms. The van der Waals surface area contributed by atoms with E-state index in [1.807, 2.05) is 54.3 Å². The summed E-state index contributed by atoms with van der Waals surface area (Å²) in [5.74, 6) is -0.0940. The summed E-state index contributed by atoms with van der Waals surface area (Å²) < 4.78 is 3.57. The van der Waals surface area contributed by atoms with Crippen LogP contribution in [0.15, 0.2) is 55.0 Å². The highest BCUT2D eigenvalue weighted by molar-refractivity contribution is 5.94. The second-order valence-corrected chi connectivity index (χ2v) is 5.03. The third-order valence-electron chi connectivity index (χ3n) is 3.45. The average Bonchev–Trinajstić information content (AvgIpc) is 3.17. The van der Waals surface area contributed by atoms with Gasteiger partial charge in [-0.25, -0.2) is 0 Å². The highest BCUT2D eigenvalue weighted by Gasteiger charge is 2.07. The summed E-state index contributed by atoms with van der Waals surface area (Å²) in [7, 11) is 1.85. The van der Waals surface area contributed by atoms with E-state index >= 15 is 0 Å². The number of hydrogen-bond donors (Lipinski definition) is 1. The van der Waals surface area contributed by atoms with E-state index in [0.29, 0.717) is 18.7 Å². The van der Waals surface area contributed by atoms with E-state index in [0.717, 1.165) is 11.3 Å². The zero-order chi connectivity index (χ0) is 15.4. The highest BCUT2D eigenvalue weighted by Crippen LogP contribution is 2.07. The van der Waals surface area contributed by atoms with E-state index in [1.165, 1.54) is 0 Å². The standard InChI is InChI=1S/C16H17N5O/c1-20-15(6-8-18-20)11-17-16(22)14-5-2-4-13(10-14)12-21-9-3-7-19-21/h2-10H,11-12H2,1H3,(H,17,22). The minimum Gasteiger partial charge on any atom is -0.346 e. The fourth-order valence-electron chi connectivity index (χ4n) is 2.24. The van der Waals surface area contributed by atoms with Crippen LogP contribution < -0.4 is 5.32 Å². The fourth-order valence-corrected chi connectivity index (χ4v) is 2.24. The molecule has 0 atom stereocenters. The first-order valence-corrected chi connectivity index (χ1v) is 7.04. The van der Waals surface area contributed by atoms with Gasteiger partial charge in [-0.05, 0) is 29.8 Å². The van der Waals surface area contributed by atoms with Crippen LogP contribution in [0.2, 0.25) is 0 Å². The van der Waals surface area contributed by atoms with Gasteiger partial charge in [-0.1, -0.05) is 12.1 Å². The fraction of sp³-hybridized carbons (Fsp3) is 0.188. The number of nitrogens with zero attached hydrogens (tertiary/aromatic N) is 4. The first-order chi connectivity index (χ1) is 10.7. The molecule has 0 bridgehead atoms. The molecule has 0 aliphatic carbocycles. The van der Waals surface area contributed by atoms with Crippen LogP contribution in [0.3, 0.4) is 0 Å². The third-order valence-corrected chi connectivity index (χ3v) is 3.45. The van der Waals surface area contributed by atoms with Gasteiger partial charge in [0, 0.05) is 31.2 Å². The molecule has 1 amide bonds. The number of nitrogens with one attached hydrogen (secondary N) is 1. The molecular formula is C16H17N5O. The molecule has 2 aromatic heterocycles. The molecule has 0 fully saturated rings. The van der Waals surface area contributed by atoms with Gasteiger partial charge in [-0.3, -0.25) is 14.2 Å². The number of rotatable bonds is 5. The van der Waals surface area contributed by atoms with Gasteiger partial charge in [0.25, 0.3) is 5.91 Å². The van der Waals surface area contributed by atoms with Crippen molar-refractivity contribution in [2.75, 3.05) is 0 Å². The lowest BCUT2D eigenvalue weighted by Gasteiger charge is -2.07. The van der Waals surface area contributed by atoms with Crippen LogP contribution in [0.5, 0.6) is 0 Å². The van der Waals surface area contributed by atoms with Crippen molar-refractivity contribution in [2.45, 2.75) is 13.1 Å². The quantitative estimate of drug-likeness (QED) is 0.777. The van der Waals surface area contributed by atoms with Gasteiger partial charge in [-0.2, -0.15) is 10.2 Å². The Balaban J connectivity index is 1.66. The van der Waals surface area contributed by atoms with E-state index in [-0.39, 0.29) is 5.91 Å². The van der Waals surface area contributed by atoms with Crippen LogP contribution in [-0.4, -0.2) is 25.5 Å². The maximum atomic E-state index is 12.2. The lowest BCUT2D eigenvalue weighted by molar-refractivity contribution is 0.0950. The number of aromatic nitrogens is 4. The molecule has 2 heterocycles. The van der Waals surface area contributed by atoms with E-state index in [2.05, 4.69) is 15.5 Å². The maximum absolute atomic E-state index is 12.2. The average molecular weight is 295 g/mol. The zero-order valence-corrected chi connectivity index (χ0v) is 12.3. The van der Waals surface area contributed by atoms with Gasteiger partial charge >= 0.3 is 0 Å². The summed E-state index contributed by atoms with van der Waals surface area (Å²) in [6.45, 7) is 1.11. The molecule has 112 valence electrons. The molecule has 6 heteroatoms. The van der Waals surface area contributed by atoms with Crippen LogP contribution in [0.4, 0.5) is 0 Å². The van der Waals surface area contributed by atoms with E-state index in [4.69, 9.17) is 0 Å². The Hall–Kier alpha value is -2.89. The largest absolute Gasteiger partial charge is 0.346 e. The summed E-state index contributed by atoms with van der Waals surface area (Å²) in [6, 6.07) is 11.3. The third kappa shape index (κ3) is 3.22. The summed E-state index contributed by atoms with van der Waals surface area (Å²) in [5.41, 5.74) is 2.64. The van der Waals surface area contributed by atoms with Crippen LogP contribution in [-0.2, 0) is 20.1 Å². The Morgan fingerprint density at radius 3 is 2.82 bits per heavy atom. The van der Waals surface area contributed by atoms with E-state index in [1.54, 1.807) is 17.1 Å². The first kappa shape index (κ1) is 14.1. The molecule has 3 rings (SSSR count). The van der Waals surface area contributed by atoms with Crippen molar-refractivity contribution in [1.29, 1.82) is 0 Å². The molecule has 1 aromatic carbocycles. The Bertz CT molecular complexity index is 760. The van der Waals surface area contributed by atoms with Crippen molar-refractivity contribution >= 4 is 5.91 Å². The van der Waals surface area contributed by atoms with Crippen LogP contribution >= 0.6 is 0 Å². The number of benzene rings is 1. The van der Waals surface area contributed by atoms with E-state index < -0.39 is 0 Å². The minimum atomic E-state index is -0.0940. The number of amides is 1. The molecule has 3 aromatic rings. The second kappa shape index (κ2) is 6.26. The summed E-state index contributed by atoms with van der Waals surface area (Å²) in [6.07, 6.45) is 5.35. The molecule has 0 saturated heterocycles. The molecule has 0 aliphatic rings. The van der Waals surface area contributed by atoms with Crippen LogP contribution in [0.25, 0.3) is 0 Å². The summed E-state index contributed by atoms with van der Waals surface area (Å²) in [4.78, 5) is 12.2. The van der Waals surface area contributed by atoms with Gasteiger partial charge < -0.3 is 5.32 Å². The maximum Gasteiger partial charge on any atom is 0.251 e.